The Kier molecular flexibility index (Phi) is 9.17. The van der Waals surface area contributed by atoms with Gasteiger partial charge in [-0.15, -0.1) is 0 Å². The predicted octanol–water partition coefficient (Wildman–Crippen LogP) is 4.26. The maximum absolute atomic E-state index is 13.5. The molecule has 9 nitrogen and oxygen atoms in total. The molecule has 2 aromatic carbocycles. The van der Waals surface area contributed by atoms with Crippen LogP contribution in [-0.2, 0) is 9.53 Å². The fourth-order valence-electron chi connectivity index (χ4n) is 2.94. The molecule has 0 saturated heterocycles. The lowest BCUT2D eigenvalue weighted by atomic mass is 10.2. The molecule has 4 N–H and O–H groups in total. The van der Waals surface area contributed by atoms with Gasteiger partial charge in [-0.1, -0.05) is 30.9 Å². The van der Waals surface area contributed by atoms with Crippen molar-refractivity contribution in [1.82, 2.24) is 15.3 Å². The van der Waals surface area contributed by atoms with Gasteiger partial charge in [-0.25, -0.2) is 14.2 Å². The Morgan fingerprint density at radius 1 is 1.11 bits per heavy atom. The number of alkyl carbamates (subject to hydrolysis) is 1. The minimum absolute atomic E-state index is 0.308. The molecule has 0 fully saturated rings. The summed E-state index contributed by atoms with van der Waals surface area (Å²) in [6, 6.07) is 13.0. The molecule has 1 unspecified atom stereocenters. The molecule has 3 rings (SSSR count). The van der Waals surface area contributed by atoms with E-state index in [1.807, 2.05) is 6.92 Å². The number of ether oxygens (including phenoxy) is 1. The maximum Gasteiger partial charge on any atom is 0.407 e. The van der Waals surface area contributed by atoms with Crippen LogP contribution >= 0.6 is 0 Å². The van der Waals surface area contributed by atoms with Crippen molar-refractivity contribution in [3.8, 4) is 11.8 Å². The standard InChI is InChI=1S/C26H27FN6O3/c1-4-13-29-23-19(16-30-25(33-23)32-22-10-6-8-20(27)15-22)12-11-18-7-5-9-21(14-18)31-24(34)17(2)36-26(35)28-3/h5-10,14-17H,4,13H2,1-3H3,(H,28,35)(H,31,34)(H2,29,30,32,33). The van der Waals surface area contributed by atoms with Crippen molar-refractivity contribution in [2.24, 2.45) is 0 Å². The first-order valence-corrected chi connectivity index (χ1v) is 11.3. The van der Waals surface area contributed by atoms with Gasteiger partial charge in [0.15, 0.2) is 6.10 Å². The first-order valence-electron chi connectivity index (χ1n) is 11.3. The van der Waals surface area contributed by atoms with Crippen LogP contribution in [-0.4, -0.2) is 41.7 Å². The van der Waals surface area contributed by atoms with Crippen LogP contribution in [0.4, 0.5) is 32.3 Å². The third-order valence-electron chi connectivity index (χ3n) is 4.74. The van der Waals surface area contributed by atoms with E-state index in [0.717, 1.165) is 6.42 Å². The second kappa shape index (κ2) is 12.7. The number of halogens is 1. The number of nitrogens with one attached hydrogen (secondary N) is 4. The number of carbonyl (C=O) groups is 2. The van der Waals surface area contributed by atoms with Crippen molar-refractivity contribution in [2.45, 2.75) is 26.4 Å². The minimum atomic E-state index is -0.969. The number of amides is 2. The predicted molar refractivity (Wildman–Crippen MR) is 137 cm³/mol. The van der Waals surface area contributed by atoms with E-state index >= 15 is 0 Å². The number of nitrogens with zero attached hydrogens (tertiary/aromatic N) is 2. The van der Waals surface area contributed by atoms with E-state index < -0.39 is 18.1 Å². The topological polar surface area (TPSA) is 117 Å². The minimum Gasteiger partial charge on any atom is -0.436 e. The van der Waals surface area contributed by atoms with Crippen molar-refractivity contribution in [3.05, 3.63) is 71.7 Å². The largest absolute Gasteiger partial charge is 0.436 e. The zero-order chi connectivity index (χ0) is 25.9. The summed E-state index contributed by atoms with van der Waals surface area (Å²) >= 11 is 0. The molecule has 0 aliphatic carbocycles. The first-order chi connectivity index (χ1) is 17.4. The van der Waals surface area contributed by atoms with E-state index in [2.05, 4.69) is 43.1 Å². The summed E-state index contributed by atoms with van der Waals surface area (Å²) in [6.07, 6.45) is 0.809. The second-order valence-corrected chi connectivity index (χ2v) is 7.64. The van der Waals surface area contributed by atoms with Crippen LogP contribution < -0.4 is 21.3 Å². The SMILES string of the molecule is CCCNc1nc(Nc2cccc(F)c2)ncc1C#Cc1cccc(NC(=O)C(C)OC(=O)NC)c1. The van der Waals surface area contributed by atoms with Crippen molar-refractivity contribution in [1.29, 1.82) is 0 Å². The summed E-state index contributed by atoms with van der Waals surface area (Å²) < 4.78 is 18.4. The highest BCUT2D eigenvalue weighted by atomic mass is 19.1. The molecule has 0 spiro atoms. The van der Waals surface area contributed by atoms with Gasteiger partial charge in [-0.2, -0.15) is 4.98 Å². The number of hydrogen-bond acceptors (Lipinski definition) is 7. The van der Waals surface area contributed by atoms with Gasteiger partial charge in [0.1, 0.15) is 11.6 Å². The Morgan fingerprint density at radius 2 is 1.89 bits per heavy atom. The lowest BCUT2D eigenvalue weighted by Gasteiger charge is -2.13. The summed E-state index contributed by atoms with van der Waals surface area (Å²) in [5.74, 6) is 6.13. The summed E-state index contributed by atoms with van der Waals surface area (Å²) in [4.78, 5) is 32.4. The average Bonchev–Trinajstić information content (AvgIpc) is 2.87. The molecule has 1 aromatic heterocycles. The van der Waals surface area contributed by atoms with Crippen molar-refractivity contribution in [2.75, 3.05) is 29.5 Å². The second-order valence-electron chi connectivity index (χ2n) is 7.64. The van der Waals surface area contributed by atoms with Gasteiger partial charge in [0.2, 0.25) is 5.95 Å². The van der Waals surface area contributed by atoms with Gasteiger partial charge in [-0.05, 0) is 49.7 Å². The smallest absolute Gasteiger partial charge is 0.407 e. The molecule has 36 heavy (non-hydrogen) atoms. The van der Waals surface area contributed by atoms with E-state index in [4.69, 9.17) is 4.74 Å². The summed E-state index contributed by atoms with van der Waals surface area (Å²) in [5, 5.41) is 11.2. The molecule has 2 amide bonds. The van der Waals surface area contributed by atoms with E-state index in [-0.39, 0.29) is 5.82 Å². The normalized spacial score (nSPS) is 10.9. The number of anilines is 4. The van der Waals surface area contributed by atoms with E-state index in [9.17, 15) is 14.0 Å². The maximum atomic E-state index is 13.5. The molecular weight excluding hydrogens is 463 g/mol. The molecule has 0 aliphatic heterocycles. The van der Waals surface area contributed by atoms with Crippen molar-refractivity contribution < 1.29 is 18.7 Å². The number of hydrogen-bond donors (Lipinski definition) is 4. The Morgan fingerprint density at radius 3 is 2.64 bits per heavy atom. The van der Waals surface area contributed by atoms with Crippen LogP contribution in [0.25, 0.3) is 0 Å². The molecule has 0 aliphatic rings. The van der Waals surface area contributed by atoms with Crippen LogP contribution in [0, 0.1) is 17.7 Å². The molecule has 10 heteroatoms. The zero-order valence-electron chi connectivity index (χ0n) is 20.2. The van der Waals surface area contributed by atoms with E-state index in [1.54, 1.807) is 42.6 Å². The Hall–Kier alpha value is -4.65. The van der Waals surface area contributed by atoms with Crippen LogP contribution in [0.2, 0.25) is 0 Å². The van der Waals surface area contributed by atoms with Gasteiger partial charge in [0, 0.05) is 30.5 Å². The fraction of sp³-hybridized carbons (Fsp3) is 0.231. The van der Waals surface area contributed by atoms with Crippen molar-refractivity contribution >= 4 is 35.1 Å². The highest BCUT2D eigenvalue weighted by Crippen LogP contribution is 2.18. The number of rotatable bonds is 8. The molecule has 0 bridgehead atoms. The third kappa shape index (κ3) is 7.70. The highest BCUT2D eigenvalue weighted by molar-refractivity contribution is 5.95. The molecule has 0 saturated carbocycles. The Bertz CT molecular complexity index is 1290. The van der Waals surface area contributed by atoms with Gasteiger partial charge in [-0.3, -0.25) is 4.79 Å². The fourth-order valence-corrected chi connectivity index (χ4v) is 2.94. The summed E-state index contributed by atoms with van der Waals surface area (Å²) in [7, 11) is 1.41. The average molecular weight is 491 g/mol. The number of aromatic nitrogens is 2. The molecule has 1 atom stereocenters. The zero-order valence-corrected chi connectivity index (χ0v) is 20.2. The monoisotopic (exact) mass is 490 g/mol. The molecule has 0 radical (unpaired) electrons. The number of benzene rings is 2. The van der Waals surface area contributed by atoms with Crippen LogP contribution in [0.15, 0.2) is 54.7 Å². The van der Waals surface area contributed by atoms with Crippen LogP contribution in [0.5, 0.6) is 0 Å². The lowest BCUT2D eigenvalue weighted by molar-refractivity contribution is -0.123. The van der Waals surface area contributed by atoms with Gasteiger partial charge >= 0.3 is 6.09 Å². The van der Waals surface area contributed by atoms with E-state index in [0.29, 0.717) is 40.8 Å². The van der Waals surface area contributed by atoms with E-state index in [1.165, 1.54) is 26.1 Å². The van der Waals surface area contributed by atoms with Crippen LogP contribution in [0.1, 0.15) is 31.4 Å². The Labute approximate surface area is 208 Å². The van der Waals surface area contributed by atoms with Gasteiger partial charge in [0.05, 0.1) is 11.8 Å². The molecule has 3 aromatic rings. The van der Waals surface area contributed by atoms with Gasteiger partial charge in [0.25, 0.3) is 5.91 Å². The lowest BCUT2D eigenvalue weighted by Crippen LogP contribution is -2.33. The summed E-state index contributed by atoms with van der Waals surface area (Å²) in [6.45, 7) is 4.20. The molecular formula is C26H27FN6O3. The van der Waals surface area contributed by atoms with Gasteiger partial charge < -0.3 is 26.0 Å². The summed E-state index contributed by atoms with van der Waals surface area (Å²) in [5.41, 5.74) is 2.27. The molecule has 1 heterocycles. The quantitative estimate of drug-likeness (QED) is 0.349. The first kappa shape index (κ1) is 26.0. The number of carbonyl (C=O) groups excluding carboxylic acids is 2. The molecule has 186 valence electrons. The van der Waals surface area contributed by atoms with Crippen LogP contribution in [0.3, 0.4) is 0 Å². The Balaban J connectivity index is 1.77. The third-order valence-corrected chi connectivity index (χ3v) is 4.74. The highest BCUT2D eigenvalue weighted by Gasteiger charge is 2.17. The van der Waals surface area contributed by atoms with Crippen molar-refractivity contribution in [3.63, 3.8) is 0 Å².